The molecule has 72 valence electrons. The summed E-state index contributed by atoms with van der Waals surface area (Å²) in [5, 5.41) is 0. The number of hydrogen-bond donors (Lipinski definition) is 0. The smallest absolute Gasteiger partial charge is 0.132 e. The van der Waals surface area contributed by atoms with Gasteiger partial charge in [0.2, 0.25) is 0 Å². The molecule has 0 atom stereocenters. The van der Waals surface area contributed by atoms with Crippen molar-refractivity contribution in [1.82, 2.24) is 0 Å². The van der Waals surface area contributed by atoms with Gasteiger partial charge in [-0.25, -0.2) is 0 Å². The Bertz CT molecular complexity index is 119. The van der Waals surface area contributed by atoms with Gasteiger partial charge < -0.3 is 4.74 Å². The molecule has 0 unspecified atom stereocenters. The number of ketones is 1. The van der Waals surface area contributed by atoms with Crippen molar-refractivity contribution in [3.05, 3.63) is 0 Å². The highest BCUT2D eigenvalue weighted by Crippen LogP contribution is 2.03. The van der Waals surface area contributed by atoms with Crippen LogP contribution in [0.3, 0.4) is 0 Å². The lowest BCUT2D eigenvalue weighted by Gasteiger charge is -2.04. The number of carbonyl (C=O) groups excluding carboxylic acids is 1. The summed E-state index contributed by atoms with van der Waals surface area (Å²) in [7, 11) is 0. The van der Waals surface area contributed by atoms with Crippen molar-refractivity contribution < 1.29 is 9.53 Å². The van der Waals surface area contributed by atoms with Crippen molar-refractivity contribution in [3.63, 3.8) is 0 Å². The minimum atomic E-state index is 0.207. The predicted octanol–water partition coefficient (Wildman–Crippen LogP) is 2.42. The van der Waals surface area contributed by atoms with Crippen LogP contribution in [-0.4, -0.2) is 19.0 Å². The third kappa shape index (κ3) is 9.63. The summed E-state index contributed by atoms with van der Waals surface area (Å²) in [5.41, 5.74) is 0. The molecule has 12 heavy (non-hydrogen) atoms. The zero-order valence-corrected chi connectivity index (χ0v) is 8.43. The quantitative estimate of drug-likeness (QED) is 0.551. The molecular weight excluding hydrogens is 152 g/mol. The number of ether oxygens (including phenoxy) is 1. The molecular formula is C10H20O2. The van der Waals surface area contributed by atoms with Crippen LogP contribution in [0, 0.1) is 5.92 Å². The summed E-state index contributed by atoms with van der Waals surface area (Å²) in [6, 6.07) is 0. The minimum Gasteiger partial charge on any atom is -0.381 e. The van der Waals surface area contributed by atoms with Gasteiger partial charge in [-0.2, -0.15) is 0 Å². The van der Waals surface area contributed by atoms with Crippen LogP contribution >= 0.6 is 0 Å². The van der Waals surface area contributed by atoms with E-state index >= 15 is 0 Å². The van der Waals surface area contributed by atoms with Gasteiger partial charge in [-0.05, 0) is 25.7 Å². The molecule has 0 aromatic carbocycles. The lowest BCUT2D eigenvalue weighted by molar-refractivity contribution is -0.118. The van der Waals surface area contributed by atoms with Crippen molar-refractivity contribution in [2.75, 3.05) is 13.2 Å². The fraction of sp³-hybridized carbons (Fsp3) is 0.900. The second-order valence-electron chi connectivity index (χ2n) is 3.60. The van der Waals surface area contributed by atoms with Gasteiger partial charge in [-0.15, -0.1) is 0 Å². The van der Waals surface area contributed by atoms with Gasteiger partial charge in [0.25, 0.3) is 0 Å². The van der Waals surface area contributed by atoms with E-state index < -0.39 is 0 Å². The first-order valence-corrected chi connectivity index (χ1v) is 4.70. The zero-order chi connectivity index (χ0) is 9.40. The van der Waals surface area contributed by atoms with Gasteiger partial charge >= 0.3 is 0 Å². The zero-order valence-electron chi connectivity index (χ0n) is 8.43. The van der Waals surface area contributed by atoms with E-state index in [1.807, 2.05) is 0 Å². The van der Waals surface area contributed by atoms with Gasteiger partial charge in [0.15, 0.2) is 0 Å². The molecule has 0 radical (unpaired) electrons. The second-order valence-corrected chi connectivity index (χ2v) is 3.60. The van der Waals surface area contributed by atoms with Crippen LogP contribution in [0.4, 0.5) is 0 Å². The highest BCUT2D eigenvalue weighted by atomic mass is 16.5. The Balaban J connectivity index is 2.96. The maximum Gasteiger partial charge on any atom is 0.132 e. The molecule has 0 amide bonds. The highest BCUT2D eigenvalue weighted by Gasteiger charge is 1.95. The fourth-order valence-corrected chi connectivity index (χ4v) is 0.912. The SMILES string of the molecule is CC(=O)CCOCCCC(C)C. The van der Waals surface area contributed by atoms with Crippen LogP contribution in [0.5, 0.6) is 0 Å². The molecule has 0 rings (SSSR count). The van der Waals surface area contributed by atoms with Crippen molar-refractivity contribution in [1.29, 1.82) is 0 Å². The van der Waals surface area contributed by atoms with Crippen LogP contribution in [0.15, 0.2) is 0 Å². The van der Waals surface area contributed by atoms with Gasteiger partial charge in [-0.1, -0.05) is 13.8 Å². The van der Waals surface area contributed by atoms with E-state index in [4.69, 9.17) is 4.74 Å². The first kappa shape index (κ1) is 11.6. The van der Waals surface area contributed by atoms with E-state index in [0.717, 1.165) is 18.9 Å². The summed E-state index contributed by atoms with van der Waals surface area (Å²) < 4.78 is 5.27. The molecule has 0 heterocycles. The second kappa shape index (κ2) is 7.29. The van der Waals surface area contributed by atoms with E-state index in [2.05, 4.69) is 13.8 Å². The van der Waals surface area contributed by atoms with Gasteiger partial charge in [0.05, 0.1) is 6.61 Å². The third-order valence-corrected chi connectivity index (χ3v) is 1.67. The molecule has 2 nitrogen and oxygen atoms in total. The van der Waals surface area contributed by atoms with E-state index in [1.54, 1.807) is 6.92 Å². The highest BCUT2D eigenvalue weighted by molar-refractivity contribution is 5.75. The first-order chi connectivity index (χ1) is 5.63. The monoisotopic (exact) mass is 172 g/mol. The van der Waals surface area contributed by atoms with Crippen molar-refractivity contribution in [2.45, 2.75) is 40.0 Å². The Kier molecular flexibility index (Phi) is 7.06. The maximum absolute atomic E-state index is 10.5. The Labute approximate surface area is 75.3 Å². The number of Topliss-reactive ketones (excluding diaryl/α,β-unsaturated/α-hetero) is 1. The molecule has 0 saturated heterocycles. The van der Waals surface area contributed by atoms with E-state index in [9.17, 15) is 4.79 Å². The molecule has 0 N–H and O–H groups in total. The molecule has 0 aromatic rings. The topological polar surface area (TPSA) is 26.3 Å². The van der Waals surface area contributed by atoms with Crippen molar-refractivity contribution in [2.24, 2.45) is 5.92 Å². The molecule has 0 saturated carbocycles. The van der Waals surface area contributed by atoms with Crippen molar-refractivity contribution >= 4 is 5.78 Å². The van der Waals surface area contributed by atoms with E-state index in [1.165, 1.54) is 6.42 Å². The van der Waals surface area contributed by atoms with Crippen LogP contribution in [-0.2, 0) is 9.53 Å². The Morgan fingerprint density at radius 1 is 1.33 bits per heavy atom. The fourth-order valence-electron chi connectivity index (χ4n) is 0.912. The summed E-state index contributed by atoms with van der Waals surface area (Å²) in [6.07, 6.45) is 2.87. The van der Waals surface area contributed by atoms with Crippen LogP contribution in [0.25, 0.3) is 0 Å². The summed E-state index contributed by atoms with van der Waals surface area (Å²) in [5.74, 6) is 0.959. The number of hydrogen-bond acceptors (Lipinski definition) is 2. The van der Waals surface area contributed by atoms with E-state index in [0.29, 0.717) is 13.0 Å². The summed E-state index contributed by atoms with van der Waals surface area (Å²) >= 11 is 0. The minimum absolute atomic E-state index is 0.207. The van der Waals surface area contributed by atoms with Gasteiger partial charge in [0.1, 0.15) is 5.78 Å². The summed E-state index contributed by atoms with van der Waals surface area (Å²) in [6.45, 7) is 7.39. The van der Waals surface area contributed by atoms with Crippen molar-refractivity contribution in [3.8, 4) is 0 Å². The molecule has 2 heteroatoms. The maximum atomic E-state index is 10.5. The van der Waals surface area contributed by atoms with Crippen LogP contribution in [0.1, 0.15) is 40.0 Å². The largest absolute Gasteiger partial charge is 0.381 e. The predicted molar refractivity (Wildman–Crippen MR) is 50.2 cm³/mol. The normalized spacial score (nSPS) is 10.7. The third-order valence-electron chi connectivity index (χ3n) is 1.67. The molecule has 0 fully saturated rings. The Morgan fingerprint density at radius 2 is 2.00 bits per heavy atom. The Morgan fingerprint density at radius 3 is 2.50 bits per heavy atom. The average molecular weight is 172 g/mol. The van der Waals surface area contributed by atoms with Gasteiger partial charge in [-0.3, -0.25) is 4.79 Å². The van der Waals surface area contributed by atoms with Crippen LogP contribution < -0.4 is 0 Å². The molecule has 0 aliphatic rings. The average Bonchev–Trinajstić information content (AvgIpc) is 1.95. The van der Waals surface area contributed by atoms with Gasteiger partial charge in [0, 0.05) is 13.0 Å². The molecule has 0 aromatic heterocycles. The number of rotatable bonds is 7. The first-order valence-electron chi connectivity index (χ1n) is 4.70. The molecule has 0 spiro atoms. The molecule has 0 aliphatic heterocycles. The lowest BCUT2D eigenvalue weighted by Crippen LogP contribution is -2.02. The molecule has 0 aliphatic carbocycles. The summed E-state index contributed by atoms with van der Waals surface area (Å²) in [4.78, 5) is 10.5. The molecule has 0 bridgehead atoms. The van der Waals surface area contributed by atoms with Crippen LogP contribution in [0.2, 0.25) is 0 Å². The lowest BCUT2D eigenvalue weighted by atomic mass is 10.1. The van der Waals surface area contributed by atoms with E-state index in [-0.39, 0.29) is 5.78 Å². The standard InChI is InChI=1S/C10H20O2/c1-9(2)5-4-7-12-8-6-10(3)11/h9H,4-8H2,1-3H3. The Hall–Kier alpha value is -0.370. The number of carbonyl (C=O) groups is 1.